The molecule has 0 amide bonds. The standard InChI is InChI=1S/C11H14O3/c1-7(2)9-5-11(14-3)8(6-12)4-10(9)13/h4-7,13H,1-3H3. The summed E-state index contributed by atoms with van der Waals surface area (Å²) in [5.41, 5.74) is 1.15. The topological polar surface area (TPSA) is 46.5 Å². The fourth-order valence-electron chi connectivity index (χ4n) is 1.33. The van der Waals surface area contributed by atoms with Crippen LogP contribution in [-0.4, -0.2) is 18.5 Å². The van der Waals surface area contributed by atoms with Crippen LogP contribution in [0.5, 0.6) is 11.5 Å². The highest BCUT2D eigenvalue weighted by Gasteiger charge is 2.11. The largest absolute Gasteiger partial charge is 0.508 e. The lowest BCUT2D eigenvalue weighted by Crippen LogP contribution is -1.95. The summed E-state index contributed by atoms with van der Waals surface area (Å²) in [5.74, 6) is 0.842. The van der Waals surface area contributed by atoms with Crippen LogP contribution in [0, 0.1) is 0 Å². The van der Waals surface area contributed by atoms with Gasteiger partial charge in [-0.2, -0.15) is 0 Å². The number of phenolic OH excluding ortho intramolecular Hbond substituents is 1. The lowest BCUT2D eigenvalue weighted by Gasteiger charge is -2.11. The van der Waals surface area contributed by atoms with Gasteiger partial charge in [0.05, 0.1) is 12.7 Å². The van der Waals surface area contributed by atoms with Crippen molar-refractivity contribution in [1.29, 1.82) is 0 Å². The number of carbonyl (C=O) groups excluding carboxylic acids is 1. The van der Waals surface area contributed by atoms with Crippen LogP contribution in [0.2, 0.25) is 0 Å². The lowest BCUT2D eigenvalue weighted by atomic mass is 10.00. The van der Waals surface area contributed by atoms with Gasteiger partial charge in [-0.15, -0.1) is 0 Å². The number of ether oxygens (including phenoxy) is 1. The zero-order valence-electron chi connectivity index (χ0n) is 8.57. The highest BCUT2D eigenvalue weighted by molar-refractivity contribution is 5.80. The first kappa shape index (κ1) is 10.6. The van der Waals surface area contributed by atoms with E-state index >= 15 is 0 Å². The second kappa shape index (κ2) is 4.13. The van der Waals surface area contributed by atoms with Crippen LogP contribution in [0.15, 0.2) is 12.1 Å². The van der Waals surface area contributed by atoms with Gasteiger partial charge >= 0.3 is 0 Å². The Morgan fingerprint density at radius 1 is 1.43 bits per heavy atom. The van der Waals surface area contributed by atoms with Crippen LogP contribution in [0.1, 0.15) is 35.7 Å². The van der Waals surface area contributed by atoms with Crippen LogP contribution in [0.25, 0.3) is 0 Å². The SMILES string of the molecule is COc1cc(C(C)C)c(O)cc1C=O. The molecule has 76 valence electrons. The highest BCUT2D eigenvalue weighted by atomic mass is 16.5. The van der Waals surface area contributed by atoms with Crippen LogP contribution in [0.4, 0.5) is 0 Å². The molecular formula is C11H14O3. The third-order valence-electron chi connectivity index (χ3n) is 2.13. The molecular weight excluding hydrogens is 180 g/mol. The smallest absolute Gasteiger partial charge is 0.153 e. The van der Waals surface area contributed by atoms with E-state index in [0.29, 0.717) is 17.6 Å². The fraction of sp³-hybridized carbons (Fsp3) is 0.364. The van der Waals surface area contributed by atoms with Gasteiger partial charge in [0.25, 0.3) is 0 Å². The molecule has 0 spiro atoms. The maximum absolute atomic E-state index is 10.6. The van der Waals surface area contributed by atoms with Gasteiger partial charge in [-0.25, -0.2) is 0 Å². The van der Waals surface area contributed by atoms with Gasteiger partial charge in [0.1, 0.15) is 11.5 Å². The molecule has 14 heavy (non-hydrogen) atoms. The summed E-state index contributed by atoms with van der Waals surface area (Å²) in [5, 5.41) is 9.60. The summed E-state index contributed by atoms with van der Waals surface area (Å²) >= 11 is 0. The molecule has 0 saturated heterocycles. The normalized spacial score (nSPS) is 10.3. The van der Waals surface area contributed by atoms with Gasteiger partial charge in [-0.05, 0) is 18.1 Å². The van der Waals surface area contributed by atoms with Crippen molar-refractivity contribution in [1.82, 2.24) is 0 Å². The van der Waals surface area contributed by atoms with Crippen molar-refractivity contribution in [3.63, 3.8) is 0 Å². The number of aromatic hydroxyl groups is 1. The summed E-state index contributed by atoms with van der Waals surface area (Å²) in [6, 6.07) is 3.13. The second-order valence-electron chi connectivity index (χ2n) is 3.43. The first-order chi connectivity index (χ1) is 6.60. The molecule has 3 heteroatoms. The molecule has 1 aromatic carbocycles. The van der Waals surface area contributed by atoms with Gasteiger partial charge in [-0.1, -0.05) is 13.8 Å². The Bertz CT molecular complexity index is 343. The summed E-state index contributed by atoms with van der Waals surface area (Å²) in [6.07, 6.45) is 0.669. The van der Waals surface area contributed by atoms with Crippen LogP contribution < -0.4 is 4.74 Å². The summed E-state index contributed by atoms with van der Waals surface area (Å²) in [7, 11) is 1.50. The molecule has 0 atom stereocenters. The maximum atomic E-state index is 10.6. The Balaban J connectivity index is 3.30. The molecule has 0 unspecified atom stereocenters. The van der Waals surface area contributed by atoms with Gasteiger partial charge in [0.15, 0.2) is 6.29 Å². The molecule has 3 nitrogen and oxygen atoms in total. The van der Waals surface area contributed by atoms with Gasteiger partial charge < -0.3 is 9.84 Å². The number of phenols is 1. The molecule has 0 aromatic heterocycles. The predicted octanol–water partition coefficient (Wildman–Crippen LogP) is 2.34. The van der Waals surface area contributed by atoms with E-state index in [1.54, 1.807) is 6.07 Å². The molecule has 0 radical (unpaired) electrons. The zero-order valence-corrected chi connectivity index (χ0v) is 8.57. The first-order valence-electron chi connectivity index (χ1n) is 4.46. The zero-order chi connectivity index (χ0) is 10.7. The quantitative estimate of drug-likeness (QED) is 0.751. The molecule has 1 aromatic rings. The average Bonchev–Trinajstić information content (AvgIpc) is 2.16. The van der Waals surface area contributed by atoms with E-state index in [4.69, 9.17) is 4.74 Å². The van der Waals surface area contributed by atoms with Gasteiger partial charge in [-0.3, -0.25) is 4.79 Å². The summed E-state index contributed by atoms with van der Waals surface area (Å²) in [4.78, 5) is 10.6. The van der Waals surface area contributed by atoms with Crippen molar-refractivity contribution in [2.24, 2.45) is 0 Å². The van der Waals surface area contributed by atoms with E-state index in [0.717, 1.165) is 5.56 Å². The first-order valence-corrected chi connectivity index (χ1v) is 4.46. The molecule has 0 fully saturated rings. The molecule has 0 aliphatic rings. The van der Waals surface area contributed by atoms with Crippen LogP contribution in [-0.2, 0) is 0 Å². The van der Waals surface area contributed by atoms with Gasteiger partial charge in [0.2, 0.25) is 0 Å². The lowest BCUT2D eigenvalue weighted by molar-refractivity contribution is 0.112. The second-order valence-corrected chi connectivity index (χ2v) is 3.43. The van der Waals surface area contributed by atoms with Crippen molar-refractivity contribution >= 4 is 6.29 Å². The van der Waals surface area contributed by atoms with Crippen molar-refractivity contribution in [3.8, 4) is 11.5 Å². The minimum absolute atomic E-state index is 0.142. The monoisotopic (exact) mass is 194 g/mol. The van der Waals surface area contributed by atoms with Gasteiger partial charge in [0, 0.05) is 5.56 Å². The average molecular weight is 194 g/mol. The Hall–Kier alpha value is -1.51. The van der Waals surface area contributed by atoms with Crippen LogP contribution in [0.3, 0.4) is 0 Å². The van der Waals surface area contributed by atoms with E-state index in [2.05, 4.69) is 0 Å². The van der Waals surface area contributed by atoms with E-state index in [9.17, 15) is 9.90 Å². The molecule has 0 saturated carbocycles. The number of methoxy groups -OCH3 is 1. The van der Waals surface area contributed by atoms with E-state index < -0.39 is 0 Å². The Morgan fingerprint density at radius 3 is 2.50 bits per heavy atom. The number of rotatable bonds is 3. The Labute approximate surface area is 83.3 Å². The number of aldehydes is 1. The van der Waals surface area contributed by atoms with Crippen LogP contribution >= 0.6 is 0 Å². The minimum Gasteiger partial charge on any atom is -0.508 e. The summed E-state index contributed by atoms with van der Waals surface area (Å²) < 4.78 is 5.04. The third kappa shape index (κ3) is 1.87. The third-order valence-corrected chi connectivity index (χ3v) is 2.13. The molecule has 0 aliphatic heterocycles. The number of benzene rings is 1. The Morgan fingerprint density at radius 2 is 2.07 bits per heavy atom. The number of carbonyl (C=O) groups is 1. The number of hydrogen-bond donors (Lipinski definition) is 1. The van der Waals surface area contributed by atoms with E-state index in [-0.39, 0.29) is 11.7 Å². The minimum atomic E-state index is 0.142. The number of hydrogen-bond acceptors (Lipinski definition) is 3. The maximum Gasteiger partial charge on any atom is 0.153 e. The highest BCUT2D eigenvalue weighted by Crippen LogP contribution is 2.31. The van der Waals surface area contributed by atoms with Crippen molar-refractivity contribution in [3.05, 3.63) is 23.3 Å². The summed E-state index contributed by atoms with van der Waals surface area (Å²) in [6.45, 7) is 3.93. The molecule has 0 heterocycles. The van der Waals surface area contributed by atoms with Crippen molar-refractivity contribution in [2.75, 3.05) is 7.11 Å². The molecule has 0 bridgehead atoms. The molecule has 0 aliphatic carbocycles. The van der Waals surface area contributed by atoms with E-state index in [1.165, 1.54) is 13.2 Å². The van der Waals surface area contributed by atoms with Crippen molar-refractivity contribution < 1.29 is 14.6 Å². The molecule has 1 N–H and O–H groups in total. The Kier molecular flexibility index (Phi) is 3.12. The fourth-order valence-corrected chi connectivity index (χ4v) is 1.33. The van der Waals surface area contributed by atoms with Crippen molar-refractivity contribution in [2.45, 2.75) is 19.8 Å². The predicted molar refractivity (Wildman–Crippen MR) is 54.1 cm³/mol. The molecule has 1 rings (SSSR count). The van der Waals surface area contributed by atoms with E-state index in [1.807, 2.05) is 13.8 Å².